The van der Waals surface area contributed by atoms with Crippen molar-refractivity contribution < 1.29 is 4.79 Å². The molecule has 1 amide bonds. The van der Waals surface area contributed by atoms with Crippen LogP contribution in [0, 0.1) is 0 Å². The van der Waals surface area contributed by atoms with E-state index < -0.39 is 0 Å². The van der Waals surface area contributed by atoms with Crippen LogP contribution in [-0.4, -0.2) is 46.6 Å². The molecule has 0 aliphatic heterocycles. The van der Waals surface area contributed by atoms with Gasteiger partial charge < -0.3 is 10.6 Å². The van der Waals surface area contributed by atoms with Crippen LogP contribution in [0.1, 0.15) is 23.1 Å². The lowest BCUT2D eigenvalue weighted by Crippen LogP contribution is -2.29. The number of carbonyl (C=O) groups is 1. The van der Waals surface area contributed by atoms with Crippen molar-refractivity contribution in [3.63, 3.8) is 0 Å². The van der Waals surface area contributed by atoms with Crippen LogP contribution < -0.4 is 5.73 Å². The Balaban J connectivity index is 2.75. The molecule has 90 valence electrons. The molecule has 0 atom stereocenters. The molecule has 1 heterocycles. The maximum absolute atomic E-state index is 12.0. The third-order valence-corrected chi connectivity index (χ3v) is 3.01. The van der Waals surface area contributed by atoms with Crippen molar-refractivity contribution in [3.8, 4) is 0 Å². The minimum Gasteiger partial charge on any atom is -0.395 e. The first-order chi connectivity index (χ1) is 7.61. The van der Waals surface area contributed by atoms with Gasteiger partial charge in [-0.05, 0) is 12.7 Å². The van der Waals surface area contributed by atoms with E-state index in [2.05, 4.69) is 10.2 Å². The number of nitrogens with two attached hydrogens (primary N) is 1. The molecule has 6 heteroatoms. The lowest BCUT2D eigenvalue weighted by atomic mass is 10.2. The van der Waals surface area contributed by atoms with Gasteiger partial charge in [-0.25, -0.2) is 0 Å². The number of aromatic amines is 1. The summed E-state index contributed by atoms with van der Waals surface area (Å²) in [4.78, 5) is 13.6. The van der Waals surface area contributed by atoms with Crippen LogP contribution in [0.5, 0.6) is 0 Å². The monoisotopic (exact) mass is 242 g/mol. The molecule has 0 bridgehead atoms. The molecule has 3 N–H and O–H groups in total. The number of rotatable bonds is 5. The van der Waals surface area contributed by atoms with Gasteiger partial charge in [-0.3, -0.25) is 9.89 Å². The third-order valence-electron chi connectivity index (χ3n) is 2.42. The molecular formula is C10H18N4OS. The highest BCUT2D eigenvalue weighted by molar-refractivity contribution is 7.98. The fourth-order valence-corrected chi connectivity index (χ4v) is 1.79. The summed E-state index contributed by atoms with van der Waals surface area (Å²) in [6.45, 7) is 2.67. The van der Waals surface area contributed by atoms with Gasteiger partial charge in [-0.15, -0.1) is 0 Å². The topological polar surface area (TPSA) is 75.0 Å². The van der Waals surface area contributed by atoms with E-state index in [0.29, 0.717) is 17.9 Å². The second-order valence-corrected chi connectivity index (χ2v) is 4.52. The average Bonchev–Trinajstić information content (AvgIpc) is 2.66. The zero-order valence-electron chi connectivity index (χ0n) is 9.91. The zero-order valence-corrected chi connectivity index (χ0v) is 10.7. The van der Waals surface area contributed by atoms with Crippen molar-refractivity contribution in [2.45, 2.75) is 13.3 Å². The minimum atomic E-state index is -0.123. The number of amides is 1. The number of aryl methyl sites for hydroxylation is 1. The lowest BCUT2D eigenvalue weighted by molar-refractivity contribution is 0.0799. The molecule has 0 fully saturated rings. The Morgan fingerprint density at radius 2 is 2.31 bits per heavy atom. The summed E-state index contributed by atoms with van der Waals surface area (Å²) in [7, 11) is 1.76. The number of aromatic nitrogens is 2. The summed E-state index contributed by atoms with van der Waals surface area (Å²) in [6.07, 6.45) is 2.76. The van der Waals surface area contributed by atoms with Gasteiger partial charge in [0.05, 0.1) is 11.4 Å². The molecule has 16 heavy (non-hydrogen) atoms. The Bertz CT molecular complexity index is 364. The zero-order chi connectivity index (χ0) is 12.1. The maximum atomic E-state index is 12.0. The quantitative estimate of drug-likeness (QED) is 0.807. The number of nitrogens with zero attached hydrogens (tertiary/aromatic N) is 2. The molecule has 0 saturated carbocycles. The van der Waals surface area contributed by atoms with E-state index in [4.69, 9.17) is 5.73 Å². The van der Waals surface area contributed by atoms with E-state index in [1.165, 1.54) is 0 Å². The van der Waals surface area contributed by atoms with Crippen LogP contribution in [-0.2, 0) is 6.42 Å². The predicted octanol–water partition coefficient (Wildman–Crippen LogP) is 0.989. The van der Waals surface area contributed by atoms with Crippen molar-refractivity contribution in [1.29, 1.82) is 0 Å². The molecule has 1 aromatic heterocycles. The van der Waals surface area contributed by atoms with Gasteiger partial charge >= 0.3 is 0 Å². The van der Waals surface area contributed by atoms with E-state index in [0.717, 1.165) is 17.9 Å². The van der Waals surface area contributed by atoms with Crippen LogP contribution in [0.25, 0.3) is 0 Å². The Labute approximate surface area is 99.8 Å². The molecule has 0 aliphatic carbocycles. The largest absolute Gasteiger partial charge is 0.395 e. The van der Waals surface area contributed by atoms with Gasteiger partial charge in [0.1, 0.15) is 0 Å². The summed E-state index contributed by atoms with van der Waals surface area (Å²) >= 11 is 1.70. The smallest absolute Gasteiger partial charge is 0.276 e. The number of thioether (sulfide) groups is 1. The molecule has 0 aromatic carbocycles. The van der Waals surface area contributed by atoms with Crippen LogP contribution in [0.15, 0.2) is 0 Å². The van der Waals surface area contributed by atoms with Crippen molar-refractivity contribution in [2.75, 3.05) is 31.3 Å². The van der Waals surface area contributed by atoms with E-state index in [9.17, 15) is 4.79 Å². The van der Waals surface area contributed by atoms with Gasteiger partial charge in [0.2, 0.25) is 0 Å². The summed E-state index contributed by atoms with van der Waals surface area (Å²) in [5.41, 5.74) is 7.46. The first kappa shape index (κ1) is 12.9. The van der Waals surface area contributed by atoms with Crippen molar-refractivity contribution in [1.82, 2.24) is 15.1 Å². The number of carbonyl (C=O) groups excluding carboxylic acids is 1. The van der Waals surface area contributed by atoms with Crippen LogP contribution in [0.2, 0.25) is 0 Å². The normalized spacial score (nSPS) is 10.4. The second-order valence-electron chi connectivity index (χ2n) is 3.54. The SMILES string of the molecule is CCc1[nH]nc(C(=O)N(C)CCSC)c1N. The average molecular weight is 242 g/mol. The van der Waals surface area contributed by atoms with E-state index >= 15 is 0 Å². The number of hydrogen-bond acceptors (Lipinski definition) is 4. The minimum absolute atomic E-state index is 0.123. The second kappa shape index (κ2) is 5.79. The standard InChI is InChI=1S/C10H18N4OS/c1-4-7-8(11)9(13-12-7)10(15)14(2)5-6-16-3/h4-6,11H2,1-3H3,(H,12,13). The van der Waals surface area contributed by atoms with Crippen LogP contribution >= 0.6 is 11.8 Å². The predicted molar refractivity (Wildman–Crippen MR) is 67.7 cm³/mol. The van der Waals surface area contributed by atoms with E-state index in [1.807, 2.05) is 13.2 Å². The highest BCUT2D eigenvalue weighted by Crippen LogP contribution is 2.15. The van der Waals surface area contributed by atoms with Gasteiger partial charge in [0, 0.05) is 19.3 Å². The Morgan fingerprint density at radius 1 is 1.62 bits per heavy atom. The van der Waals surface area contributed by atoms with E-state index in [-0.39, 0.29) is 5.91 Å². The molecule has 0 unspecified atom stereocenters. The first-order valence-corrected chi connectivity index (χ1v) is 6.58. The summed E-state index contributed by atoms with van der Waals surface area (Å²) < 4.78 is 0. The van der Waals surface area contributed by atoms with Crippen molar-refractivity contribution in [3.05, 3.63) is 11.4 Å². The number of nitrogen functional groups attached to an aromatic ring is 1. The fraction of sp³-hybridized carbons (Fsp3) is 0.600. The molecule has 0 saturated heterocycles. The molecule has 1 aromatic rings. The molecule has 0 radical (unpaired) electrons. The van der Waals surface area contributed by atoms with Crippen molar-refractivity contribution in [2.24, 2.45) is 0 Å². The maximum Gasteiger partial charge on any atom is 0.276 e. The Kier molecular flexibility index (Phi) is 4.67. The van der Waals surface area contributed by atoms with Crippen molar-refractivity contribution >= 4 is 23.4 Å². The van der Waals surface area contributed by atoms with Gasteiger partial charge in [0.25, 0.3) is 5.91 Å². The first-order valence-electron chi connectivity index (χ1n) is 5.18. The highest BCUT2D eigenvalue weighted by Gasteiger charge is 2.19. The highest BCUT2D eigenvalue weighted by atomic mass is 32.2. The summed E-state index contributed by atoms with van der Waals surface area (Å²) in [5.74, 6) is 0.787. The Morgan fingerprint density at radius 3 is 2.81 bits per heavy atom. The van der Waals surface area contributed by atoms with Gasteiger partial charge in [-0.2, -0.15) is 16.9 Å². The van der Waals surface area contributed by atoms with E-state index in [1.54, 1.807) is 23.7 Å². The molecular weight excluding hydrogens is 224 g/mol. The molecule has 0 spiro atoms. The number of H-pyrrole nitrogens is 1. The number of anilines is 1. The van der Waals surface area contributed by atoms with Crippen LogP contribution in [0.3, 0.4) is 0 Å². The van der Waals surface area contributed by atoms with Gasteiger partial charge in [-0.1, -0.05) is 6.92 Å². The third kappa shape index (κ3) is 2.69. The lowest BCUT2D eigenvalue weighted by Gasteiger charge is -2.15. The molecule has 5 nitrogen and oxygen atoms in total. The number of nitrogens with one attached hydrogen (secondary N) is 1. The van der Waals surface area contributed by atoms with Gasteiger partial charge in [0.15, 0.2) is 5.69 Å². The molecule has 1 rings (SSSR count). The fourth-order valence-electron chi connectivity index (χ4n) is 1.33. The summed E-state index contributed by atoms with van der Waals surface area (Å²) in [6, 6.07) is 0. The van der Waals surface area contributed by atoms with Crippen LogP contribution in [0.4, 0.5) is 5.69 Å². The summed E-state index contributed by atoms with van der Waals surface area (Å²) in [5, 5.41) is 6.76. The number of hydrogen-bond donors (Lipinski definition) is 2. The Hall–Kier alpha value is -1.17. The molecule has 0 aliphatic rings.